The average Bonchev–Trinajstić information content (AvgIpc) is 2.04. The van der Waals surface area contributed by atoms with Crippen molar-refractivity contribution in [3.63, 3.8) is 0 Å². The minimum atomic E-state index is -0.192. The summed E-state index contributed by atoms with van der Waals surface area (Å²) in [5.74, 6) is 0.347. The van der Waals surface area contributed by atoms with Crippen LogP contribution in [0, 0.1) is 5.92 Å². The highest BCUT2D eigenvalue weighted by Crippen LogP contribution is 2.04. The Bertz CT molecular complexity index is 117. The molecule has 3 heteroatoms. The molecule has 2 atom stereocenters. The third kappa shape index (κ3) is 6.99. The van der Waals surface area contributed by atoms with Crippen LogP contribution in [0.5, 0.6) is 0 Å². The Balaban J connectivity index is 3.33. The highest BCUT2D eigenvalue weighted by molar-refractivity contribution is 4.64. The predicted octanol–water partition coefficient (Wildman–Crippen LogP) is 1.02. The molecule has 0 aromatic rings. The van der Waals surface area contributed by atoms with E-state index in [2.05, 4.69) is 12.2 Å². The summed E-state index contributed by atoms with van der Waals surface area (Å²) >= 11 is 0. The lowest BCUT2D eigenvalue weighted by Crippen LogP contribution is -2.33. The smallest absolute Gasteiger partial charge is 0.0613 e. The zero-order chi connectivity index (χ0) is 10.3. The van der Waals surface area contributed by atoms with E-state index in [-0.39, 0.29) is 6.10 Å². The number of ether oxygens (including phenoxy) is 1. The van der Waals surface area contributed by atoms with E-state index in [1.807, 2.05) is 13.8 Å². The Hall–Kier alpha value is -0.120. The molecule has 2 unspecified atom stereocenters. The first-order chi connectivity index (χ1) is 6.07. The molecule has 0 aliphatic carbocycles. The van der Waals surface area contributed by atoms with Crippen molar-refractivity contribution in [1.29, 1.82) is 0 Å². The van der Waals surface area contributed by atoms with E-state index in [1.165, 1.54) is 0 Å². The molecule has 0 aromatic carbocycles. The van der Waals surface area contributed by atoms with Crippen molar-refractivity contribution in [2.24, 2.45) is 5.92 Å². The number of aliphatic hydroxyl groups is 1. The fraction of sp³-hybridized carbons (Fsp3) is 1.00. The van der Waals surface area contributed by atoms with Gasteiger partial charge in [0.2, 0.25) is 0 Å². The number of nitrogens with one attached hydrogen (secondary N) is 1. The topological polar surface area (TPSA) is 41.5 Å². The van der Waals surface area contributed by atoms with E-state index >= 15 is 0 Å². The molecule has 0 saturated heterocycles. The standard InChI is InChI=1S/C10H23NO2/c1-8(2)10(12)5-6-11-9(3)7-13-4/h8-12H,5-7H2,1-4H3. The van der Waals surface area contributed by atoms with Gasteiger partial charge >= 0.3 is 0 Å². The molecule has 0 aromatic heterocycles. The predicted molar refractivity (Wildman–Crippen MR) is 54.8 cm³/mol. The summed E-state index contributed by atoms with van der Waals surface area (Å²) in [4.78, 5) is 0. The molecule has 0 amide bonds. The maximum atomic E-state index is 9.50. The molecule has 0 heterocycles. The van der Waals surface area contributed by atoms with Crippen LogP contribution >= 0.6 is 0 Å². The lowest BCUT2D eigenvalue weighted by molar-refractivity contribution is 0.112. The van der Waals surface area contributed by atoms with Gasteiger partial charge in [-0.1, -0.05) is 13.8 Å². The molecule has 80 valence electrons. The molecular formula is C10H23NO2. The summed E-state index contributed by atoms with van der Waals surface area (Å²) in [5.41, 5.74) is 0. The van der Waals surface area contributed by atoms with Crippen LogP contribution in [-0.4, -0.2) is 37.5 Å². The second kappa shape index (κ2) is 7.30. The van der Waals surface area contributed by atoms with Crippen LogP contribution < -0.4 is 5.32 Å². The molecule has 0 fully saturated rings. The molecule has 13 heavy (non-hydrogen) atoms. The van der Waals surface area contributed by atoms with Crippen LogP contribution in [0.3, 0.4) is 0 Å². The molecule has 3 nitrogen and oxygen atoms in total. The monoisotopic (exact) mass is 189 g/mol. The Morgan fingerprint density at radius 2 is 1.92 bits per heavy atom. The van der Waals surface area contributed by atoms with E-state index in [4.69, 9.17) is 4.74 Å². The molecule has 2 N–H and O–H groups in total. The van der Waals surface area contributed by atoms with Crippen LogP contribution in [-0.2, 0) is 4.74 Å². The Morgan fingerprint density at radius 3 is 2.38 bits per heavy atom. The molecule has 0 radical (unpaired) electrons. The fourth-order valence-corrected chi connectivity index (χ4v) is 1.12. The van der Waals surface area contributed by atoms with Crippen LogP contribution in [0.4, 0.5) is 0 Å². The largest absolute Gasteiger partial charge is 0.393 e. The van der Waals surface area contributed by atoms with Crippen molar-refractivity contribution in [3.8, 4) is 0 Å². The highest BCUT2D eigenvalue weighted by Gasteiger charge is 2.08. The average molecular weight is 189 g/mol. The lowest BCUT2D eigenvalue weighted by atomic mass is 10.0. The Morgan fingerprint density at radius 1 is 1.31 bits per heavy atom. The van der Waals surface area contributed by atoms with E-state index in [0.717, 1.165) is 19.6 Å². The number of aliphatic hydroxyl groups excluding tert-OH is 1. The molecular weight excluding hydrogens is 166 g/mol. The van der Waals surface area contributed by atoms with Crippen LogP contribution in [0.15, 0.2) is 0 Å². The number of hydrogen-bond donors (Lipinski definition) is 2. The molecule has 0 aliphatic rings. The molecule has 0 aliphatic heterocycles. The fourth-order valence-electron chi connectivity index (χ4n) is 1.12. The van der Waals surface area contributed by atoms with Gasteiger partial charge in [0, 0.05) is 13.2 Å². The van der Waals surface area contributed by atoms with Crippen molar-refractivity contribution in [1.82, 2.24) is 5.32 Å². The van der Waals surface area contributed by atoms with Crippen LogP contribution in [0.25, 0.3) is 0 Å². The van der Waals surface area contributed by atoms with Gasteiger partial charge in [-0.2, -0.15) is 0 Å². The maximum Gasteiger partial charge on any atom is 0.0613 e. The second-order valence-electron chi connectivity index (χ2n) is 3.91. The molecule has 0 rings (SSSR count). The molecule has 0 saturated carbocycles. The molecule has 0 bridgehead atoms. The van der Waals surface area contributed by atoms with Gasteiger partial charge in [-0.15, -0.1) is 0 Å². The van der Waals surface area contributed by atoms with Gasteiger partial charge in [0.25, 0.3) is 0 Å². The van der Waals surface area contributed by atoms with E-state index in [0.29, 0.717) is 12.0 Å². The Labute approximate surface area is 81.5 Å². The van der Waals surface area contributed by atoms with Crippen LogP contribution in [0.2, 0.25) is 0 Å². The van der Waals surface area contributed by atoms with Gasteiger partial charge in [0.1, 0.15) is 0 Å². The number of hydrogen-bond acceptors (Lipinski definition) is 3. The van der Waals surface area contributed by atoms with Crippen molar-refractivity contribution >= 4 is 0 Å². The second-order valence-corrected chi connectivity index (χ2v) is 3.91. The van der Waals surface area contributed by atoms with Gasteiger partial charge in [0.15, 0.2) is 0 Å². The lowest BCUT2D eigenvalue weighted by Gasteiger charge is -2.17. The van der Waals surface area contributed by atoms with Crippen molar-refractivity contribution in [2.45, 2.75) is 39.3 Å². The maximum absolute atomic E-state index is 9.50. The minimum absolute atomic E-state index is 0.192. The van der Waals surface area contributed by atoms with Crippen molar-refractivity contribution in [3.05, 3.63) is 0 Å². The van der Waals surface area contributed by atoms with Gasteiger partial charge in [-0.25, -0.2) is 0 Å². The SMILES string of the molecule is COCC(C)NCCC(O)C(C)C. The first-order valence-electron chi connectivity index (χ1n) is 4.98. The van der Waals surface area contributed by atoms with Crippen LogP contribution in [0.1, 0.15) is 27.2 Å². The zero-order valence-electron chi connectivity index (χ0n) is 9.21. The molecule has 0 spiro atoms. The van der Waals surface area contributed by atoms with E-state index in [9.17, 15) is 5.11 Å². The summed E-state index contributed by atoms with van der Waals surface area (Å²) in [7, 11) is 1.70. The summed E-state index contributed by atoms with van der Waals surface area (Å²) < 4.78 is 4.98. The number of rotatable bonds is 7. The van der Waals surface area contributed by atoms with Gasteiger partial charge in [0.05, 0.1) is 12.7 Å². The third-order valence-corrected chi connectivity index (χ3v) is 2.12. The summed E-state index contributed by atoms with van der Waals surface area (Å²) in [5, 5.41) is 12.8. The summed E-state index contributed by atoms with van der Waals surface area (Å²) in [6.07, 6.45) is 0.619. The highest BCUT2D eigenvalue weighted by atomic mass is 16.5. The van der Waals surface area contributed by atoms with Gasteiger partial charge in [-0.3, -0.25) is 0 Å². The van der Waals surface area contributed by atoms with Gasteiger partial charge in [-0.05, 0) is 25.8 Å². The first kappa shape index (κ1) is 12.9. The third-order valence-electron chi connectivity index (χ3n) is 2.12. The summed E-state index contributed by atoms with van der Waals surface area (Å²) in [6, 6.07) is 0.365. The quantitative estimate of drug-likeness (QED) is 0.628. The summed E-state index contributed by atoms with van der Waals surface area (Å²) in [6.45, 7) is 7.71. The normalized spacial score (nSPS) is 16.2. The van der Waals surface area contributed by atoms with Crippen molar-refractivity contribution < 1.29 is 9.84 Å². The van der Waals surface area contributed by atoms with Crippen molar-refractivity contribution in [2.75, 3.05) is 20.3 Å². The first-order valence-corrected chi connectivity index (χ1v) is 4.98. The zero-order valence-corrected chi connectivity index (χ0v) is 9.21. The van der Waals surface area contributed by atoms with E-state index in [1.54, 1.807) is 7.11 Å². The Kier molecular flexibility index (Phi) is 7.23. The van der Waals surface area contributed by atoms with Gasteiger partial charge < -0.3 is 15.2 Å². The van der Waals surface area contributed by atoms with E-state index < -0.39 is 0 Å². The number of methoxy groups -OCH3 is 1. The minimum Gasteiger partial charge on any atom is -0.393 e.